The van der Waals surface area contributed by atoms with E-state index in [4.69, 9.17) is 9.47 Å². The fourth-order valence-electron chi connectivity index (χ4n) is 9.43. The molecule has 0 amide bonds. The molecule has 4 aliphatic carbocycles. The molecule has 4 nitrogen and oxygen atoms in total. The number of ether oxygens (including phenoxy) is 2. The Hall–Kier alpha value is -1.39. The minimum Gasteiger partial charge on any atom is -0.497 e. The van der Waals surface area contributed by atoms with Gasteiger partial charge in [-0.2, -0.15) is 0 Å². The molecular formula is C30H44O4. The van der Waals surface area contributed by atoms with Gasteiger partial charge in [0.2, 0.25) is 0 Å². The molecule has 0 aliphatic heterocycles. The van der Waals surface area contributed by atoms with Crippen LogP contribution in [0, 0.1) is 40.4 Å². The van der Waals surface area contributed by atoms with E-state index in [1.54, 1.807) is 7.11 Å². The molecule has 4 heteroatoms. The lowest BCUT2D eigenvalue weighted by molar-refractivity contribution is -0.160. The predicted molar refractivity (Wildman–Crippen MR) is 134 cm³/mol. The molecule has 8 atom stereocenters. The lowest BCUT2D eigenvalue weighted by Gasteiger charge is -2.63. The standard InChI is InChI=1S/C30H44O4/c1-28(32)14-15-30(16-17-33-3)21(19-28)8-9-23-24-10-11-26(29(24,2)13-12-25(23)30)27(31)20-6-5-7-22(18-20)34-4/h5-7,18,21,23-26,32H,8-17,19H2,1-4H3/t21-,23-,24-,25-,26+,28+,29-,30+/m0/s1. The van der Waals surface area contributed by atoms with Crippen LogP contribution in [0.4, 0.5) is 0 Å². The number of carbonyl (C=O) groups is 1. The maximum atomic E-state index is 13.7. The minimum absolute atomic E-state index is 0.0940. The number of ketones is 1. The summed E-state index contributed by atoms with van der Waals surface area (Å²) in [4.78, 5) is 13.7. The van der Waals surface area contributed by atoms with Gasteiger partial charge in [-0.25, -0.2) is 0 Å². The van der Waals surface area contributed by atoms with Gasteiger partial charge in [0.05, 0.1) is 12.7 Å². The van der Waals surface area contributed by atoms with Crippen LogP contribution >= 0.6 is 0 Å². The van der Waals surface area contributed by atoms with E-state index in [9.17, 15) is 9.90 Å². The topological polar surface area (TPSA) is 55.8 Å². The molecule has 1 aromatic carbocycles. The molecule has 188 valence electrons. The fraction of sp³-hybridized carbons (Fsp3) is 0.767. The molecule has 1 aromatic rings. The second-order valence-corrected chi connectivity index (χ2v) is 12.6. The van der Waals surface area contributed by atoms with Gasteiger partial charge < -0.3 is 14.6 Å². The zero-order valence-electron chi connectivity index (χ0n) is 21.6. The zero-order valence-corrected chi connectivity index (χ0v) is 21.6. The number of Topliss-reactive ketones (excluding diaryl/α,β-unsaturated/α-hetero) is 1. The quantitative estimate of drug-likeness (QED) is 0.498. The van der Waals surface area contributed by atoms with E-state index >= 15 is 0 Å². The number of aliphatic hydroxyl groups is 1. The van der Waals surface area contributed by atoms with Crippen molar-refractivity contribution >= 4 is 5.78 Å². The van der Waals surface area contributed by atoms with Gasteiger partial charge in [-0.1, -0.05) is 19.1 Å². The molecule has 4 saturated carbocycles. The van der Waals surface area contributed by atoms with Gasteiger partial charge in [-0.15, -0.1) is 0 Å². The highest BCUT2D eigenvalue weighted by Crippen LogP contribution is 2.69. The molecule has 0 heterocycles. The summed E-state index contributed by atoms with van der Waals surface area (Å²) in [7, 11) is 3.49. The molecule has 0 aromatic heterocycles. The van der Waals surface area contributed by atoms with Crippen molar-refractivity contribution in [3.05, 3.63) is 29.8 Å². The van der Waals surface area contributed by atoms with E-state index < -0.39 is 5.60 Å². The highest BCUT2D eigenvalue weighted by atomic mass is 16.5. The van der Waals surface area contributed by atoms with Crippen molar-refractivity contribution in [1.82, 2.24) is 0 Å². The Balaban J connectivity index is 1.41. The summed E-state index contributed by atoms with van der Waals surface area (Å²) in [6, 6.07) is 7.74. The monoisotopic (exact) mass is 468 g/mol. The highest BCUT2D eigenvalue weighted by molar-refractivity contribution is 5.99. The Morgan fingerprint density at radius 1 is 1.03 bits per heavy atom. The maximum absolute atomic E-state index is 13.7. The highest BCUT2D eigenvalue weighted by Gasteiger charge is 2.62. The Bertz CT molecular complexity index is 909. The zero-order chi connectivity index (χ0) is 24.1. The molecule has 34 heavy (non-hydrogen) atoms. The maximum Gasteiger partial charge on any atom is 0.166 e. The van der Waals surface area contributed by atoms with Crippen LogP contribution in [0.2, 0.25) is 0 Å². The number of hydrogen-bond acceptors (Lipinski definition) is 4. The van der Waals surface area contributed by atoms with E-state index in [0.717, 1.165) is 56.4 Å². The van der Waals surface area contributed by atoms with E-state index in [1.807, 2.05) is 38.3 Å². The van der Waals surface area contributed by atoms with Gasteiger partial charge in [0.15, 0.2) is 5.78 Å². The number of benzene rings is 1. The lowest BCUT2D eigenvalue weighted by Crippen LogP contribution is -2.57. The third-order valence-electron chi connectivity index (χ3n) is 11.1. The molecule has 1 N–H and O–H groups in total. The Morgan fingerprint density at radius 3 is 2.62 bits per heavy atom. The first-order valence-corrected chi connectivity index (χ1v) is 13.6. The summed E-state index contributed by atoms with van der Waals surface area (Å²) in [5.74, 6) is 3.85. The molecule has 0 spiro atoms. The Kier molecular flexibility index (Phi) is 6.38. The summed E-state index contributed by atoms with van der Waals surface area (Å²) in [6.07, 6.45) is 11.2. The van der Waals surface area contributed by atoms with Crippen LogP contribution < -0.4 is 4.74 Å². The van der Waals surface area contributed by atoms with E-state index in [0.29, 0.717) is 34.9 Å². The van der Waals surface area contributed by atoms with Crippen LogP contribution in [0.15, 0.2) is 24.3 Å². The first-order valence-electron chi connectivity index (χ1n) is 13.6. The Labute approximate surface area is 205 Å². The van der Waals surface area contributed by atoms with Gasteiger partial charge in [0.1, 0.15) is 5.75 Å². The van der Waals surface area contributed by atoms with Crippen LogP contribution in [0.3, 0.4) is 0 Å². The molecule has 0 saturated heterocycles. The van der Waals surface area contributed by atoms with E-state index in [2.05, 4.69) is 6.92 Å². The molecular weight excluding hydrogens is 424 g/mol. The lowest BCUT2D eigenvalue weighted by atomic mass is 9.42. The van der Waals surface area contributed by atoms with Gasteiger partial charge in [-0.3, -0.25) is 4.79 Å². The molecule has 0 unspecified atom stereocenters. The van der Waals surface area contributed by atoms with Crippen molar-refractivity contribution in [2.45, 2.75) is 83.7 Å². The third-order valence-corrected chi connectivity index (χ3v) is 11.1. The third kappa shape index (κ3) is 3.84. The summed E-state index contributed by atoms with van der Waals surface area (Å²) < 4.78 is 11.0. The first-order chi connectivity index (χ1) is 16.2. The summed E-state index contributed by atoms with van der Waals surface area (Å²) in [6.45, 7) is 5.30. The van der Waals surface area contributed by atoms with E-state index in [1.165, 1.54) is 25.7 Å². The van der Waals surface area contributed by atoms with Crippen molar-refractivity contribution in [2.24, 2.45) is 40.4 Å². The molecule has 0 bridgehead atoms. The summed E-state index contributed by atoms with van der Waals surface area (Å²) in [5, 5.41) is 10.9. The minimum atomic E-state index is -0.515. The van der Waals surface area contributed by atoms with Gasteiger partial charge >= 0.3 is 0 Å². The smallest absolute Gasteiger partial charge is 0.166 e. The van der Waals surface area contributed by atoms with Gasteiger partial charge in [0.25, 0.3) is 0 Å². The molecule has 0 radical (unpaired) electrons. The van der Waals surface area contributed by atoms with Crippen LogP contribution in [-0.4, -0.2) is 37.3 Å². The van der Waals surface area contributed by atoms with Crippen molar-refractivity contribution < 1.29 is 19.4 Å². The van der Waals surface area contributed by atoms with Crippen LogP contribution in [0.1, 0.15) is 88.4 Å². The first kappa shape index (κ1) is 24.3. The second kappa shape index (κ2) is 8.92. The van der Waals surface area contributed by atoms with Crippen molar-refractivity contribution in [1.29, 1.82) is 0 Å². The number of carbonyl (C=O) groups excluding carboxylic acids is 1. The van der Waals surface area contributed by atoms with Gasteiger partial charge in [-0.05, 0) is 118 Å². The van der Waals surface area contributed by atoms with Crippen LogP contribution in [0.25, 0.3) is 0 Å². The fourth-order valence-corrected chi connectivity index (χ4v) is 9.43. The largest absolute Gasteiger partial charge is 0.497 e. The summed E-state index contributed by atoms with van der Waals surface area (Å²) >= 11 is 0. The number of rotatable bonds is 6. The normalized spacial score (nSPS) is 43.5. The van der Waals surface area contributed by atoms with Crippen molar-refractivity contribution in [3.63, 3.8) is 0 Å². The van der Waals surface area contributed by atoms with E-state index in [-0.39, 0.29) is 11.3 Å². The van der Waals surface area contributed by atoms with Crippen molar-refractivity contribution in [2.75, 3.05) is 20.8 Å². The Morgan fingerprint density at radius 2 is 1.85 bits per heavy atom. The average Bonchev–Trinajstić information content (AvgIpc) is 3.19. The van der Waals surface area contributed by atoms with Crippen molar-refractivity contribution in [3.8, 4) is 5.75 Å². The van der Waals surface area contributed by atoms with Crippen LogP contribution in [0.5, 0.6) is 5.75 Å². The van der Waals surface area contributed by atoms with Crippen LogP contribution in [-0.2, 0) is 4.74 Å². The molecule has 4 aliphatic rings. The molecule has 5 rings (SSSR count). The average molecular weight is 469 g/mol. The summed E-state index contributed by atoms with van der Waals surface area (Å²) in [5.41, 5.74) is 0.690. The van der Waals surface area contributed by atoms with Gasteiger partial charge in [0, 0.05) is 25.2 Å². The molecule has 4 fully saturated rings. The number of methoxy groups -OCH3 is 2. The predicted octanol–water partition coefficient (Wildman–Crippen LogP) is 6.30. The second-order valence-electron chi connectivity index (χ2n) is 12.6. The number of fused-ring (bicyclic) bond motifs is 5. The SMILES string of the molecule is COCC[C@]12CC[C@@](C)(O)C[C@@H]1CC[C@H]1[C@@H]3CC[C@H](C(=O)c4cccc(OC)c4)[C@@]3(C)CC[C@@H]12. The number of hydrogen-bond donors (Lipinski definition) is 1.